The van der Waals surface area contributed by atoms with Crippen molar-refractivity contribution in [1.82, 2.24) is 9.78 Å². The normalized spacial score (nSPS) is 17.1. The number of hydrogen-bond donors (Lipinski definition) is 1. The third-order valence-electron chi connectivity index (χ3n) is 3.10. The van der Waals surface area contributed by atoms with Gasteiger partial charge in [-0.25, -0.2) is 4.79 Å². The summed E-state index contributed by atoms with van der Waals surface area (Å²) in [7, 11) is 0. The van der Waals surface area contributed by atoms with Crippen LogP contribution < -0.4 is 0 Å². The highest BCUT2D eigenvalue weighted by molar-refractivity contribution is 5.88. The summed E-state index contributed by atoms with van der Waals surface area (Å²) in [5.74, 6) is -0.198. The van der Waals surface area contributed by atoms with E-state index in [0.29, 0.717) is 17.2 Å². The van der Waals surface area contributed by atoms with Gasteiger partial charge < -0.3 is 5.11 Å². The lowest BCUT2D eigenvalue weighted by atomic mass is 10.1. The van der Waals surface area contributed by atoms with Crippen molar-refractivity contribution in [2.75, 3.05) is 0 Å². The smallest absolute Gasteiger partial charge is 0.339 e. The first-order valence-electron chi connectivity index (χ1n) is 5.44. The zero-order valence-corrected chi connectivity index (χ0v) is 8.94. The Hall–Kier alpha value is -1.32. The van der Waals surface area contributed by atoms with Crippen LogP contribution in [0.25, 0.3) is 0 Å². The lowest BCUT2D eigenvalue weighted by Gasteiger charge is -2.07. The quantitative estimate of drug-likeness (QED) is 0.827. The number of rotatable bonds is 3. The van der Waals surface area contributed by atoms with Crippen molar-refractivity contribution in [3.05, 3.63) is 17.5 Å². The molecule has 1 fully saturated rings. The third kappa shape index (κ3) is 2.19. The van der Waals surface area contributed by atoms with Crippen molar-refractivity contribution in [1.29, 1.82) is 0 Å². The molecule has 4 heteroatoms. The lowest BCUT2D eigenvalue weighted by Crippen LogP contribution is -2.07. The van der Waals surface area contributed by atoms with Gasteiger partial charge in [0, 0.05) is 12.7 Å². The Kier molecular flexibility index (Phi) is 2.75. The van der Waals surface area contributed by atoms with Crippen molar-refractivity contribution in [2.45, 2.75) is 39.2 Å². The first-order valence-corrected chi connectivity index (χ1v) is 5.44. The van der Waals surface area contributed by atoms with E-state index in [4.69, 9.17) is 5.11 Å². The van der Waals surface area contributed by atoms with Gasteiger partial charge in [0.25, 0.3) is 0 Å². The Morgan fingerprint density at radius 3 is 2.80 bits per heavy atom. The van der Waals surface area contributed by atoms with Crippen LogP contribution in [0.4, 0.5) is 0 Å². The predicted molar refractivity (Wildman–Crippen MR) is 55.9 cm³/mol. The molecule has 15 heavy (non-hydrogen) atoms. The summed E-state index contributed by atoms with van der Waals surface area (Å²) in [5, 5.41) is 13.1. The molecule has 1 heterocycles. The van der Waals surface area contributed by atoms with Crippen molar-refractivity contribution < 1.29 is 9.90 Å². The van der Waals surface area contributed by atoms with Gasteiger partial charge in [-0.3, -0.25) is 4.68 Å². The summed E-state index contributed by atoms with van der Waals surface area (Å²) < 4.78 is 1.79. The standard InChI is InChI=1S/C11H16N2O2/c1-8-10(11(14)15)7-13(12-8)6-9-4-2-3-5-9/h7,9H,2-6H2,1H3,(H,14,15). The Morgan fingerprint density at radius 2 is 2.27 bits per heavy atom. The van der Waals surface area contributed by atoms with Crippen LogP contribution in [0.3, 0.4) is 0 Å². The Labute approximate surface area is 88.9 Å². The van der Waals surface area contributed by atoms with Gasteiger partial charge in [-0.15, -0.1) is 0 Å². The van der Waals surface area contributed by atoms with Crippen molar-refractivity contribution >= 4 is 5.97 Å². The van der Waals surface area contributed by atoms with E-state index in [1.165, 1.54) is 25.7 Å². The molecule has 1 aliphatic carbocycles. The summed E-state index contributed by atoms with van der Waals surface area (Å²) in [6, 6.07) is 0. The molecule has 2 rings (SSSR count). The van der Waals surface area contributed by atoms with Gasteiger partial charge in [0.05, 0.1) is 5.69 Å². The number of carbonyl (C=O) groups is 1. The van der Waals surface area contributed by atoms with E-state index in [0.717, 1.165) is 6.54 Å². The predicted octanol–water partition coefficient (Wildman–Crippen LogP) is 2.08. The summed E-state index contributed by atoms with van der Waals surface area (Å²) >= 11 is 0. The van der Waals surface area contributed by atoms with Crippen molar-refractivity contribution in [2.24, 2.45) is 5.92 Å². The number of aromatic nitrogens is 2. The monoisotopic (exact) mass is 208 g/mol. The van der Waals surface area contributed by atoms with E-state index >= 15 is 0 Å². The van der Waals surface area contributed by atoms with E-state index in [-0.39, 0.29) is 0 Å². The van der Waals surface area contributed by atoms with E-state index < -0.39 is 5.97 Å². The Bertz CT molecular complexity index is 365. The second-order valence-corrected chi connectivity index (χ2v) is 4.31. The maximum absolute atomic E-state index is 10.8. The van der Waals surface area contributed by atoms with Crippen LogP contribution in [-0.2, 0) is 6.54 Å². The molecule has 0 amide bonds. The van der Waals surface area contributed by atoms with Gasteiger partial charge in [-0.05, 0) is 25.7 Å². The van der Waals surface area contributed by atoms with Crippen LogP contribution in [0.1, 0.15) is 41.7 Å². The highest BCUT2D eigenvalue weighted by atomic mass is 16.4. The molecule has 1 aromatic rings. The van der Waals surface area contributed by atoms with Gasteiger partial charge in [-0.1, -0.05) is 12.8 Å². The van der Waals surface area contributed by atoms with Gasteiger partial charge in [0.1, 0.15) is 5.56 Å². The molecule has 0 aliphatic heterocycles. The van der Waals surface area contributed by atoms with E-state index in [9.17, 15) is 4.79 Å². The van der Waals surface area contributed by atoms with Crippen LogP contribution in [0.2, 0.25) is 0 Å². The fraction of sp³-hybridized carbons (Fsp3) is 0.636. The van der Waals surface area contributed by atoms with Crippen LogP contribution in [0, 0.1) is 12.8 Å². The van der Waals surface area contributed by atoms with Crippen molar-refractivity contribution in [3.8, 4) is 0 Å². The first-order chi connectivity index (χ1) is 7.16. The number of hydrogen-bond acceptors (Lipinski definition) is 2. The molecule has 0 atom stereocenters. The number of aryl methyl sites for hydroxylation is 1. The maximum Gasteiger partial charge on any atom is 0.339 e. The number of carboxylic acids is 1. The maximum atomic E-state index is 10.8. The Balaban J connectivity index is 2.08. The van der Waals surface area contributed by atoms with Gasteiger partial charge >= 0.3 is 5.97 Å². The number of carboxylic acid groups (broad SMARTS) is 1. The third-order valence-corrected chi connectivity index (χ3v) is 3.10. The van der Waals surface area contributed by atoms with E-state index in [1.807, 2.05) is 0 Å². The van der Waals surface area contributed by atoms with Crippen LogP contribution in [-0.4, -0.2) is 20.9 Å². The second-order valence-electron chi connectivity index (χ2n) is 4.31. The average Bonchev–Trinajstić information content (AvgIpc) is 2.75. The Morgan fingerprint density at radius 1 is 1.60 bits per heavy atom. The largest absolute Gasteiger partial charge is 0.478 e. The molecule has 1 aliphatic rings. The molecule has 0 bridgehead atoms. The summed E-state index contributed by atoms with van der Waals surface area (Å²) in [6.07, 6.45) is 6.76. The minimum atomic E-state index is -0.884. The molecule has 1 saturated carbocycles. The topological polar surface area (TPSA) is 55.1 Å². The summed E-state index contributed by atoms with van der Waals surface area (Å²) in [6.45, 7) is 2.61. The number of aromatic carboxylic acids is 1. The molecule has 82 valence electrons. The molecule has 1 N–H and O–H groups in total. The van der Waals surface area contributed by atoms with Gasteiger partial charge in [0.2, 0.25) is 0 Å². The van der Waals surface area contributed by atoms with Crippen LogP contribution in [0.5, 0.6) is 0 Å². The minimum absolute atomic E-state index is 0.327. The molecular weight excluding hydrogens is 192 g/mol. The molecular formula is C11H16N2O2. The molecule has 4 nitrogen and oxygen atoms in total. The molecule has 1 aromatic heterocycles. The van der Waals surface area contributed by atoms with Crippen molar-refractivity contribution in [3.63, 3.8) is 0 Å². The number of nitrogens with zero attached hydrogens (tertiary/aromatic N) is 2. The zero-order chi connectivity index (χ0) is 10.8. The molecule has 0 saturated heterocycles. The first kappa shape index (κ1) is 10.2. The van der Waals surface area contributed by atoms with Gasteiger partial charge in [-0.2, -0.15) is 5.10 Å². The average molecular weight is 208 g/mol. The molecule has 0 radical (unpaired) electrons. The molecule has 0 spiro atoms. The fourth-order valence-corrected chi connectivity index (χ4v) is 2.28. The molecule has 0 aromatic carbocycles. The van der Waals surface area contributed by atoms with Gasteiger partial charge in [0.15, 0.2) is 0 Å². The second kappa shape index (κ2) is 4.04. The minimum Gasteiger partial charge on any atom is -0.478 e. The highest BCUT2D eigenvalue weighted by Gasteiger charge is 2.18. The lowest BCUT2D eigenvalue weighted by molar-refractivity contribution is 0.0696. The fourth-order valence-electron chi connectivity index (χ4n) is 2.28. The van der Waals surface area contributed by atoms with Crippen LogP contribution >= 0.6 is 0 Å². The highest BCUT2D eigenvalue weighted by Crippen LogP contribution is 2.26. The SMILES string of the molecule is Cc1nn(CC2CCCC2)cc1C(=O)O. The zero-order valence-electron chi connectivity index (χ0n) is 8.94. The van der Waals surface area contributed by atoms with E-state index in [2.05, 4.69) is 5.10 Å². The molecule has 0 unspecified atom stereocenters. The summed E-state index contributed by atoms with van der Waals surface area (Å²) in [5.41, 5.74) is 0.938. The van der Waals surface area contributed by atoms with Crippen LogP contribution in [0.15, 0.2) is 6.20 Å². The summed E-state index contributed by atoms with van der Waals surface area (Å²) in [4.78, 5) is 10.8. The van der Waals surface area contributed by atoms with E-state index in [1.54, 1.807) is 17.8 Å².